The summed E-state index contributed by atoms with van der Waals surface area (Å²) in [5.74, 6) is 0.531. The van der Waals surface area contributed by atoms with Crippen molar-refractivity contribution in [3.05, 3.63) is 65.4 Å². The topological polar surface area (TPSA) is 102 Å². The Labute approximate surface area is 199 Å². The van der Waals surface area contributed by atoms with E-state index in [1.807, 2.05) is 55.5 Å². The SMILES string of the molecule is CCCc1nn(CC(F)(F)F)c(OCCO)c1Cc1ccc(-c2ccccc2-c2nn[nH]n2)cc1. The van der Waals surface area contributed by atoms with Gasteiger partial charge in [0.15, 0.2) is 0 Å². The third-order valence-corrected chi connectivity index (χ3v) is 5.39. The number of aromatic amines is 1. The van der Waals surface area contributed by atoms with E-state index < -0.39 is 12.7 Å². The van der Waals surface area contributed by atoms with Crippen LogP contribution in [-0.2, 0) is 19.4 Å². The number of aryl methyl sites for hydroxylation is 1. The lowest BCUT2D eigenvalue weighted by molar-refractivity contribution is -0.143. The number of hydrogen-bond acceptors (Lipinski definition) is 6. The van der Waals surface area contributed by atoms with Crippen LogP contribution in [-0.4, -0.2) is 54.9 Å². The van der Waals surface area contributed by atoms with Crippen LogP contribution in [0.2, 0.25) is 0 Å². The van der Waals surface area contributed by atoms with Crippen molar-refractivity contribution < 1.29 is 23.0 Å². The van der Waals surface area contributed by atoms with Crippen molar-refractivity contribution in [3.63, 3.8) is 0 Å². The number of nitrogens with one attached hydrogen (secondary N) is 1. The molecule has 8 nitrogen and oxygen atoms in total. The highest BCUT2D eigenvalue weighted by molar-refractivity contribution is 5.80. The molecule has 4 aromatic rings. The van der Waals surface area contributed by atoms with E-state index >= 15 is 0 Å². The van der Waals surface area contributed by atoms with Crippen LogP contribution in [0.25, 0.3) is 22.5 Å². The number of benzene rings is 2. The van der Waals surface area contributed by atoms with Crippen molar-refractivity contribution >= 4 is 0 Å². The van der Waals surface area contributed by atoms with E-state index in [0.717, 1.165) is 33.4 Å². The van der Waals surface area contributed by atoms with Gasteiger partial charge in [-0.2, -0.15) is 23.5 Å². The predicted molar refractivity (Wildman–Crippen MR) is 123 cm³/mol. The summed E-state index contributed by atoms with van der Waals surface area (Å²) in [7, 11) is 0. The molecule has 2 aromatic carbocycles. The van der Waals surface area contributed by atoms with E-state index in [9.17, 15) is 18.3 Å². The predicted octanol–water partition coefficient (Wildman–Crippen LogP) is 4.21. The lowest BCUT2D eigenvalue weighted by Gasteiger charge is -2.13. The summed E-state index contributed by atoms with van der Waals surface area (Å²) in [6.07, 6.45) is -2.86. The summed E-state index contributed by atoms with van der Waals surface area (Å²) in [5.41, 5.74) is 4.75. The van der Waals surface area contributed by atoms with Gasteiger partial charge in [0.1, 0.15) is 13.2 Å². The highest BCUT2D eigenvalue weighted by Crippen LogP contribution is 2.32. The number of aliphatic hydroxyl groups is 1. The average molecular weight is 486 g/mol. The van der Waals surface area contributed by atoms with E-state index in [1.165, 1.54) is 0 Å². The number of halogens is 3. The minimum absolute atomic E-state index is 0.0475. The first-order chi connectivity index (χ1) is 16.9. The summed E-state index contributed by atoms with van der Waals surface area (Å²) < 4.78 is 45.9. The van der Waals surface area contributed by atoms with Crippen LogP contribution in [0, 0.1) is 0 Å². The fourth-order valence-corrected chi connectivity index (χ4v) is 3.94. The number of H-pyrrole nitrogens is 1. The Hall–Kier alpha value is -3.73. The first-order valence-corrected chi connectivity index (χ1v) is 11.2. The van der Waals surface area contributed by atoms with Crippen molar-refractivity contribution in [1.29, 1.82) is 0 Å². The molecule has 2 aromatic heterocycles. The molecule has 0 saturated heterocycles. The van der Waals surface area contributed by atoms with Crippen LogP contribution in [0.15, 0.2) is 48.5 Å². The first kappa shape index (κ1) is 24.4. The van der Waals surface area contributed by atoms with E-state index in [2.05, 4.69) is 25.7 Å². The van der Waals surface area contributed by atoms with Crippen LogP contribution < -0.4 is 4.74 Å². The number of ether oxygens (including phenoxy) is 1. The molecule has 0 atom stereocenters. The lowest BCUT2D eigenvalue weighted by atomic mass is 9.96. The fourth-order valence-electron chi connectivity index (χ4n) is 3.94. The molecule has 2 heterocycles. The van der Waals surface area contributed by atoms with Gasteiger partial charge in [-0.3, -0.25) is 0 Å². The Morgan fingerprint density at radius 2 is 1.80 bits per heavy atom. The summed E-state index contributed by atoms with van der Waals surface area (Å²) in [5, 5.41) is 27.6. The zero-order chi connectivity index (χ0) is 24.8. The quantitative estimate of drug-likeness (QED) is 0.348. The molecule has 2 N–H and O–H groups in total. The molecular formula is C24H25F3N6O2. The van der Waals surface area contributed by atoms with Gasteiger partial charge in [0.25, 0.3) is 0 Å². The van der Waals surface area contributed by atoms with Gasteiger partial charge in [-0.1, -0.05) is 61.9 Å². The minimum Gasteiger partial charge on any atom is -0.475 e. The molecule has 0 aliphatic rings. The third kappa shape index (κ3) is 5.86. The standard InChI is InChI=1S/C24H25F3N6O2/c1-2-5-21-20(23(35-13-12-34)33(30-21)15-24(25,26)27)14-16-8-10-17(11-9-16)18-6-3-4-7-19(18)22-28-31-32-29-22/h3-4,6-11,34H,2,5,12-15H2,1H3,(H,28,29,31,32). The molecule has 0 aliphatic heterocycles. The number of hydrogen-bond donors (Lipinski definition) is 2. The second-order valence-electron chi connectivity index (χ2n) is 7.98. The van der Waals surface area contributed by atoms with Gasteiger partial charge in [0.05, 0.1) is 12.3 Å². The van der Waals surface area contributed by atoms with Crippen molar-refractivity contribution in [2.24, 2.45) is 0 Å². The lowest BCUT2D eigenvalue weighted by Crippen LogP contribution is -2.20. The molecule has 0 fully saturated rings. The maximum atomic E-state index is 13.2. The normalized spacial score (nSPS) is 11.7. The van der Waals surface area contributed by atoms with Crippen LogP contribution in [0.3, 0.4) is 0 Å². The van der Waals surface area contributed by atoms with E-state index in [1.54, 1.807) is 0 Å². The molecule has 0 aliphatic carbocycles. The van der Waals surface area contributed by atoms with Crippen LogP contribution in [0.4, 0.5) is 13.2 Å². The van der Waals surface area contributed by atoms with Crippen molar-refractivity contribution in [2.75, 3.05) is 13.2 Å². The Morgan fingerprint density at radius 3 is 2.43 bits per heavy atom. The number of tetrazole rings is 1. The van der Waals surface area contributed by atoms with E-state index in [4.69, 9.17) is 4.74 Å². The smallest absolute Gasteiger partial charge is 0.408 e. The Kier molecular flexibility index (Phi) is 7.45. The Bertz CT molecular complexity index is 1240. The summed E-state index contributed by atoms with van der Waals surface area (Å²) in [6, 6.07) is 15.4. The summed E-state index contributed by atoms with van der Waals surface area (Å²) in [4.78, 5) is 0. The van der Waals surface area contributed by atoms with Gasteiger partial charge in [0.2, 0.25) is 11.7 Å². The Balaban J connectivity index is 1.66. The molecule has 0 saturated carbocycles. The molecule has 0 amide bonds. The number of aromatic nitrogens is 6. The molecule has 11 heteroatoms. The molecule has 0 bridgehead atoms. The maximum absolute atomic E-state index is 13.2. The highest BCUT2D eigenvalue weighted by atomic mass is 19.4. The van der Waals surface area contributed by atoms with Crippen LogP contribution in [0.5, 0.6) is 5.88 Å². The van der Waals surface area contributed by atoms with Crippen molar-refractivity contribution in [2.45, 2.75) is 38.9 Å². The summed E-state index contributed by atoms with van der Waals surface area (Å²) in [6.45, 7) is 0.259. The van der Waals surface area contributed by atoms with Gasteiger partial charge in [-0.15, -0.1) is 10.2 Å². The highest BCUT2D eigenvalue weighted by Gasteiger charge is 2.32. The van der Waals surface area contributed by atoms with E-state index in [-0.39, 0.29) is 19.1 Å². The third-order valence-electron chi connectivity index (χ3n) is 5.39. The van der Waals surface area contributed by atoms with Gasteiger partial charge < -0.3 is 9.84 Å². The molecule has 0 radical (unpaired) electrons. The largest absolute Gasteiger partial charge is 0.475 e. The van der Waals surface area contributed by atoms with Gasteiger partial charge in [-0.05, 0) is 28.3 Å². The van der Waals surface area contributed by atoms with E-state index in [0.29, 0.717) is 29.9 Å². The number of aliphatic hydroxyl groups excluding tert-OH is 1. The number of alkyl halides is 3. The van der Waals surface area contributed by atoms with Crippen molar-refractivity contribution in [1.82, 2.24) is 30.4 Å². The minimum atomic E-state index is -4.45. The maximum Gasteiger partial charge on any atom is 0.408 e. The zero-order valence-corrected chi connectivity index (χ0v) is 19.1. The number of nitrogens with zero attached hydrogens (tertiary/aromatic N) is 5. The number of rotatable bonds is 10. The monoisotopic (exact) mass is 486 g/mol. The first-order valence-electron chi connectivity index (χ1n) is 11.2. The summed E-state index contributed by atoms with van der Waals surface area (Å²) >= 11 is 0. The molecule has 184 valence electrons. The molecule has 4 rings (SSSR count). The second-order valence-corrected chi connectivity index (χ2v) is 7.98. The molecule has 0 spiro atoms. The Morgan fingerprint density at radius 1 is 1.06 bits per heavy atom. The van der Waals surface area contributed by atoms with Gasteiger partial charge in [0, 0.05) is 17.5 Å². The second kappa shape index (κ2) is 10.7. The van der Waals surface area contributed by atoms with Crippen LogP contribution >= 0.6 is 0 Å². The van der Waals surface area contributed by atoms with Gasteiger partial charge >= 0.3 is 6.18 Å². The molecule has 0 unspecified atom stereocenters. The van der Waals surface area contributed by atoms with Crippen molar-refractivity contribution in [3.8, 4) is 28.4 Å². The fraction of sp³-hybridized carbons (Fsp3) is 0.333. The van der Waals surface area contributed by atoms with Gasteiger partial charge in [-0.25, -0.2) is 4.68 Å². The van der Waals surface area contributed by atoms with Crippen LogP contribution in [0.1, 0.15) is 30.2 Å². The molecular weight excluding hydrogens is 461 g/mol. The zero-order valence-electron chi connectivity index (χ0n) is 19.1. The average Bonchev–Trinajstić information content (AvgIpc) is 3.47. The molecule has 35 heavy (non-hydrogen) atoms.